The van der Waals surface area contributed by atoms with Crippen molar-refractivity contribution in [3.8, 4) is 0 Å². The lowest BCUT2D eigenvalue weighted by Gasteiger charge is -2.07. The van der Waals surface area contributed by atoms with Gasteiger partial charge in [0, 0.05) is 22.1 Å². The van der Waals surface area contributed by atoms with Crippen LogP contribution in [-0.2, 0) is 11.2 Å². The van der Waals surface area contributed by atoms with Crippen LogP contribution in [0.5, 0.6) is 0 Å². The van der Waals surface area contributed by atoms with Crippen LogP contribution in [0.4, 0.5) is 5.69 Å². The number of amides is 1. The number of carbonyl (C=O) groups excluding carboxylic acids is 1. The number of carbonyl (C=O) groups is 1. The average Bonchev–Trinajstić information content (AvgIpc) is 2.48. The zero-order valence-electron chi connectivity index (χ0n) is 11.2. The first-order chi connectivity index (χ1) is 10.2. The first-order valence-electron chi connectivity index (χ1n) is 6.60. The van der Waals surface area contributed by atoms with E-state index in [0.29, 0.717) is 0 Å². The summed E-state index contributed by atoms with van der Waals surface area (Å²) in [5.74, 6) is -0.0647. The Balaban J connectivity index is 1.75. The smallest absolute Gasteiger partial charge is 0.230 e. The van der Waals surface area contributed by atoms with Crippen molar-refractivity contribution < 1.29 is 4.79 Å². The number of benzene rings is 2. The van der Waals surface area contributed by atoms with Gasteiger partial charge < -0.3 is 5.32 Å². The number of hydrogen-bond acceptors (Lipinski definition) is 2. The van der Waals surface area contributed by atoms with E-state index in [1.807, 2.05) is 48.5 Å². The molecule has 0 fully saturated rings. The molecule has 1 aromatic heterocycles. The van der Waals surface area contributed by atoms with Crippen molar-refractivity contribution in [3.05, 3.63) is 71.0 Å². The molecule has 0 radical (unpaired) electrons. The second-order valence-corrected chi connectivity index (χ2v) is 5.67. The van der Waals surface area contributed by atoms with E-state index in [0.717, 1.165) is 26.6 Å². The molecule has 0 unspecified atom stereocenters. The molecule has 0 aliphatic carbocycles. The summed E-state index contributed by atoms with van der Waals surface area (Å²) >= 11 is 3.45. The van der Waals surface area contributed by atoms with E-state index in [-0.39, 0.29) is 12.3 Å². The van der Waals surface area contributed by atoms with Gasteiger partial charge in [-0.1, -0.05) is 34.1 Å². The fourth-order valence-electron chi connectivity index (χ4n) is 2.17. The van der Waals surface area contributed by atoms with Gasteiger partial charge in [0.15, 0.2) is 0 Å². The standard InChI is InChI=1S/C17H13BrN2O/c18-14-6-4-13-10-16(7-5-12(13)9-14)20-17(21)11-15-3-1-2-8-19-15/h1-10H,11H2,(H,20,21). The first-order valence-corrected chi connectivity index (χ1v) is 7.39. The third kappa shape index (κ3) is 3.47. The predicted molar refractivity (Wildman–Crippen MR) is 88.2 cm³/mol. The molecule has 104 valence electrons. The minimum absolute atomic E-state index is 0.0647. The number of hydrogen-bond donors (Lipinski definition) is 1. The fourth-order valence-corrected chi connectivity index (χ4v) is 2.55. The number of aromatic nitrogens is 1. The number of nitrogens with zero attached hydrogens (tertiary/aromatic N) is 1. The van der Waals surface area contributed by atoms with Gasteiger partial charge in [-0.3, -0.25) is 9.78 Å². The van der Waals surface area contributed by atoms with E-state index in [2.05, 4.69) is 32.3 Å². The van der Waals surface area contributed by atoms with Gasteiger partial charge in [-0.05, 0) is 47.2 Å². The SMILES string of the molecule is O=C(Cc1ccccn1)Nc1ccc2cc(Br)ccc2c1. The third-order valence-corrected chi connectivity index (χ3v) is 3.65. The van der Waals surface area contributed by atoms with Crippen molar-refractivity contribution in [1.82, 2.24) is 4.98 Å². The van der Waals surface area contributed by atoms with Crippen molar-refractivity contribution >= 4 is 38.3 Å². The van der Waals surface area contributed by atoms with Crippen LogP contribution in [0.15, 0.2) is 65.3 Å². The summed E-state index contributed by atoms with van der Waals surface area (Å²) in [5, 5.41) is 5.13. The second kappa shape index (κ2) is 6.06. The largest absolute Gasteiger partial charge is 0.326 e. The summed E-state index contributed by atoms with van der Waals surface area (Å²) in [4.78, 5) is 16.2. The van der Waals surface area contributed by atoms with Crippen molar-refractivity contribution in [2.45, 2.75) is 6.42 Å². The molecule has 1 amide bonds. The number of pyridine rings is 1. The number of halogens is 1. The Morgan fingerprint density at radius 1 is 1.05 bits per heavy atom. The normalized spacial score (nSPS) is 10.5. The number of fused-ring (bicyclic) bond motifs is 1. The van der Waals surface area contributed by atoms with Gasteiger partial charge in [0.1, 0.15) is 0 Å². The van der Waals surface area contributed by atoms with Crippen LogP contribution in [0.2, 0.25) is 0 Å². The molecule has 3 rings (SSSR count). The van der Waals surface area contributed by atoms with Gasteiger partial charge in [0.05, 0.1) is 6.42 Å². The number of rotatable bonds is 3. The van der Waals surface area contributed by atoms with E-state index in [4.69, 9.17) is 0 Å². The van der Waals surface area contributed by atoms with E-state index >= 15 is 0 Å². The maximum absolute atomic E-state index is 12.0. The Labute approximate surface area is 131 Å². The Bertz CT molecular complexity index is 787. The highest BCUT2D eigenvalue weighted by Gasteiger charge is 2.05. The first kappa shape index (κ1) is 13.8. The summed E-state index contributed by atoms with van der Waals surface area (Å²) in [6, 6.07) is 17.5. The molecule has 0 atom stereocenters. The number of nitrogens with one attached hydrogen (secondary N) is 1. The summed E-state index contributed by atoms with van der Waals surface area (Å²) in [7, 11) is 0. The second-order valence-electron chi connectivity index (χ2n) is 4.75. The van der Waals surface area contributed by atoms with E-state index in [9.17, 15) is 4.79 Å². The van der Waals surface area contributed by atoms with Gasteiger partial charge in [0.25, 0.3) is 0 Å². The van der Waals surface area contributed by atoms with Crippen LogP contribution in [-0.4, -0.2) is 10.9 Å². The molecule has 0 saturated heterocycles. The molecule has 2 aromatic carbocycles. The Hall–Kier alpha value is -2.20. The molecule has 1 heterocycles. The molecule has 1 N–H and O–H groups in total. The molecule has 0 bridgehead atoms. The molecule has 0 spiro atoms. The van der Waals surface area contributed by atoms with Crippen LogP contribution >= 0.6 is 15.9 Å². The van der Waals surface area contributed by atoms with Crippen LogP contribution in [0.3, 0.4) is 0 Å². The molecule has 4 heteroatoms. The third-order valence-electron chi connectivity index (χ3n) is 3.15. The van der Waals surface area contributed by atoms with E-state index in [1.54, 1.807) is 6.20 Å². The van der Waals surface area contributed by atoms with Gasteiger partial charge in [-0.25, -0.2) is 0 Å². The molecular weight excluding hydrogens is 328 g/mol. The van der Waals surface area contributed by atoms with Gasteiger partial charge in [-0.2, -0.15) is 0 Å². The topological polar surface area (TPSA) is 42.0 Å². The summed E-state index contributed by atoms with van der Waals surface area (Å²) < 4.78 is 1.04. The molecule has 0 aliphatic heterocycles. The van der Waals surface area contributed by atoms with Crippen LogP contribution in [0.1, 0.15) is 5.69 Å². The lowest BCUT2D eigenvalue weighted by Crippen LogP contribution is -2.14. The van der Waals surface area contributed by atoms with E-state index in [1.165, 1.54) is 0 Å². The van der Waals surface area contributed by atoms with Crippen molar-refractivity contribution in [3.63, 3.8) is 0 Å². The Morgan fingerprint density at radius 2 is 1.86 bits per heavy atom. The van der Waals surface area contributed by atoms with Crippen molar-refractivity contribution in [2.75, 3.05) is 5.32 Å². The van der Waals surface area contributed by atoms with Crippen LogP contribution in [0, 0.1) is 0 Å². The van der Waals surface area contributed by atoms with Crippen LogP contribution in [0.25, 0.3) is 10.8 Å². The zero-order valence-corrected chi connectivity index (χ0v) is 12.8. The minimum Gasteiger partial charge on any atom is -0.326 e. The van der Waals surface area contributed by atoms with Gasteiger partial charge >= 0.3 is 0 Å². The lowest BCUT2D eigenvalue weighted by molar-refractivity contribution is -0.115. The summed E-state index contributed by atoms with van der Waals surface area (Å²) in [6.07, 6.45) is 1.97. The monoisotopic (exact) mass is 340 g/mol. The molecule has 3 nitrogen and oxygen atoms in total. The van der Waals surface area contributed by atoms with Gasteiger partial charge in [-0.15, -0.1) is 0 Å². The molecule has 3 aromatic rings. The molecular formula is C17H13BrN2O. The van der Waals surface area contributed by atoms with Gasteiger partial charge in [0.2, 0.25) is 5.91 Å². The Kier molecular flexibility index (Phi) is 3.97. The van der Waals surface area contributed by atoms with Crippen molar-refractivity contribution in [1.29, 1.82) is 0 Å². The highest BCUT2D eigenvalue weighted by atomic mass is 79.9. The minimum atomic E-state index is -0.0647. The quantitative estimate of drug-likeness (QED) is 0.777. The maximum Gasteiger partial charge on any atom is 0.230 e. The van der Waals surface area contributed by atoms with E-state index < -0.39 is 0 Å². The maximum atomic E-state index is 12.0. The summed E-state index contributed by atoms with van der Waals surface area (Å²) in [5.41, 5.74) is 1.56. The highest BCUT2D eigenvalue weighted by Crippen LogP contribution is 2.23. The molecule has 0 saturated carbocycles. The van der Waals surface area contributed by atoms with Crippen molar-refractivity contribution in [2.24, 2.45) is 0 Å². The summed E-state index contributed by atoms with van der Waals surface area (Å²) in [6.45, 7) is 0. The molecule has 0 aliphatic rings. The lowest BCUT2D eigenvalue weighted by atomic mass is 10.1. The Morgan fingerprint density at radius 3 is 2.67 bits per heavy atom. The predicted octanol–water partition coefficient (Wildman–Crippen LogP) is 4.18. The zero-order chi connectivity index (χ0) is 14.7. The average molecular weight is 341 g/mol. The fraction of sp³-hybridized carbons (Fsp3) is 0.0588. The number of anilines is 1. The van der Waals surface area contributed by atoms with Crippen LogP contribution < -0.4 is 5.32 Å². The highest BCUT2D eigenvalue weighted by molar-refractivity contribution is 9.10. The molecule has 21 heavy (non-hydrogen) atoms.